The van der Waals surface area contributed by atoms with Gasteiger partial charge in [0.1, 0.15) is 5.82 Å². The molecule has 0 atom stereocenters. The van der Waals surface area contributed by atoms with Crippen molar-refractivity contribution in [2.24, 2.45) is 7.05 Å². The van der Waals surface area contributed by atoms with Gasteiger partial charge < -0.3 is 5.11 Å². The standard InChI is InChI=1S/C16H11ClN2O3/c1-19-14(9-2-4-10(5-3-9)16(21)22)18-13-8-11(17)6-7-12(13)15(19)20/h2-8H,1H3,(H,21,22). The molecule has 0 spiro atoms. The molecule has 2 aromatic carbocycles. The first kappa shape index (κ1) is 14.3. The zero-order chi connectivity index (χ0) is 15.9. The van der Waals surface area contributed by atoms with Crippen LogP contribution in [0.2, 0.25) is 5.02 Å². The van der Waals surface area contributed by atoms with E-state index in [0.717, 1.165) is 0 Å². The first-order chi connectivity index (χ1) is 10.5. The van der Waals surface area contributed by atoms with Gasteiger partial charge in [-0.15, -0.1) is 0 Å². The second-order valence-corrected chi connectivity index (χ2v) is 5.28. The quantitative estimate of drug-likeness (QED) is 0.789. The largest absolute Gasteiger partial charge is 0.478 e. The fourth-order valence-corrected chi connectivity index (χ4v) is 2.43. The van der Waals surface area contributed by atoms with Crippen LogP contribution in [-0.2, 0) is 7.05 Å². The summed E-state index contributed by atoms with van der Waals surface area (Å²) in [6, 6.07) is 11.1. The summed E-state index contributed by atoms with van der Waals surface area (Å²) in [5, 5.41) is 9.92. The van der Waals surface area contributed by atoms with E-state index >= 15 is 0 Å². The van der Waals surface area contributed by atoms with E-state index in [1.54, 1.807) is 37.4 Å². The number of hydrogen-bond acceptors (Lipinski definition) is 3. The number of hydrogen-bond donors (Lipinski definition) is 1. The van der Waals surface area contributed by atoms with Gasteiger partial charge in [0.25, 0.3) is 5.56 Å². The molecule has 0 aliphatic rings. The number of carboxylic acids is 1. The fraction of sp³-hybridized carbons (Fsp3) is 0.0625. The van der Waals surface area contributed by atoms with Gasteiger partial charge in [0.15, 0.2) is 0 Å². The van der Waals surface area contributed by atoms with Crippen LogP contribution in [0.4, 0.5) is 0 Å². The summed E-state index contributed by atoms with van der Waals surface area (Å²) in [7, 11) is 1.63. The number of aromatic nitrogens is 2. The third-order valence-corrected chi connectivity index (χ3v) is 3.66. The number of aromatic carboxylic acids is 1. The third-order valence-electron chi connectivity index (χ3n) is 3.43. The van der Waals surface area contributed by atoms with E-state index < -0.39 is 5.97 Å². The summed E-state index contributed by atoms with van der Waals surface area (Å²) in [5.74, 6) is -0.546. The molecule has 1 aromatic heterocycles. The van der Waals surface area contributed by atoms with Crippen LogP contribution in [0.3, 0.4) is 0 Å². The van der Waals surface area contributed by atoms with Gasteiger partial charge in [0, 0.05) is 17.6 Å². The van der Waals surface area contributed by atoms with Crippen molar-refractivity contribution >= 4 is 28.5 Å². The van der Waals surface area contributed by atoms with Gasteiger partial charge >= 0.3 is 5.97 Å². The predicted octanol–water partition coefficient (Wildman–Crippen LogP) is 2.95. The number of nitrogens with zero attached hydrogens (tertiary/aromatic N) is 2. The molecule has 1 heterocycles. The summed E-state index contributed by atoms with van der Waals surface area (Å²) >= 11 is 5.95. The molecule has 1 N–H and O–H groups in total. The Morgan fingerprint density at radius 1 is 1.18 bits per heavy atom. The molecule has 0 fully saturated rings. The highest BCUT2D eigenvalue weighted by atomic mass is 35.5. The zero-order valence-corrected chi connectivity index (χ0v) is 12.3. The molecule has 5 nitrogen and oxygen atoms in total. The van der Waals surface area contributed by atoms with E-state index in [-0.39, 0.29) is 11.1 Å². The maximum absolute atomic E-state index is 12.4. The van der Waals surface area contributed by atoms with Gasteiger partial charge in [-0.3, -0.25) is 9.36 Å². The zero-order valence-electron chi connectivity index (χ0n) is 11.6. The van der Waals surface area contributed by atoms with Gasteiger partial charge in [0.05, 0.1) is 16.5 Å². The van der Waals surface area contributed by atoms with Crippen LogP contribution in [0.5, 0.6) is 0 Å². The van der Waals surface area contributed by atoms with Crippen molar-refractivity contribution in [3.8, 4) is 11.4 Å². The highest BCUT2D eigenvalue weighted by molar-refractivity contribution is 6.31. The van der Waals surface area contributed by atoms with E-state index in [9.17, 15) is 9.59 Å². The molecule has 0 saturated heterocycles. The smallest absolute Gasteiger partial charge is 0.335 e. The van der Waals surface area contributed by atoms with Crippen molar-refractivity contribution in [1.82, 2.24) is 9.55 Å². The maximum Gasteiger partial charge on any atom is 0.335 e. The van der Waals surface area contributed by atoms with Crippen molar-refractivity contribution in [2.75, 3.05) is 0 Å². The molecular weight excluding hydrogens is 304 g/mol. The van der Waals surface area contributed by atoms with Crippen LogP contribution in [0.1, 0.15) is 10.4 Å². The van der Waals surface area contributed by atoms with Crippen molar-refractivity contribution in [1.29, 1.82) is 0 Å². The normalized spacial score (nSPS) is 10.8. The van der Waals surface area contributed by atoms with Crippen LogP contribution in [0.25, 0.3) is 22.3 Å². The van der Waals surface area contributed by atoms with E-state index in [1.807, 2.05) is 0 Å². The highest BCUT2D eigenvalue weighted by Gasteiger charge is 2.11. The monoisotopic (exact) mass is 314 g/mol. The van der Waals surface area contributed by atoms with E-state index in [2.05, 4.69) is 4.98 Å². The number of fused-ring (bicyclic) bond motifs is 1. The Morgan fingerprint density at radius 3 is 2.50 bits per heavy atom. The number of benzene rings is 2. The summed E-state index contributed by atoms with van der Waals surface area (Å²) in [5.41, 5.74) is 1.16. The average molecular weight is 315 g/mol. The Morgan fingerprint density at radius 2 is 1.86 bits per heavy atom. The minimum absolute atomic E-state index is 0.178. The van der Waals surface area contributed by atoms with Gasteiger partial charge in [0.2, 0.25) is 0 Å². The van der Waals surface area contributed by atoms with Crippen LogP contribution >= 0.6 is 11.6 Å². The van der Waals surface area contributed by atoms with Gasteiger partial charge in [-0.25, -0.2) is 9.78 Å². The second kappa shape index (κ2) is 5.27. The van der Waals surface area contributed by atoms with Gasteiger partial charge in [-0.1, -0.05) is 23.7 Å². The lowest BCUT2D eigenvalue weighted by Crippen LogP contribution is -2.20. The Labute approximate surface area is 130 Å². The maximum atomic E-state index is 12.4. The second-order valence-electron chi connectivity index (χ2n) is 4.84. The molecule has 22 heavy (non-hydrogen) atoms. The first-order valence-electron chi connectivity index (χ1n) is 6.47. The third kappa shape index (κ3) is 2.35. The lowest BCUT2D eigenvalue weighted by Gasteiger charge is -2.09. The Balaban J connectivity index is 2.24. The number of halogens is 1. The number of carbonyl (C=O) groups is 1. The molecule has 0 unspecified atom stereocenters. The van der Waals surface area contributed by atoms with Crippen molar-refractivity contribution in [3.63, 3.8) is 0 Å². The van der Waals surface area contributed by atoms with Crippen molar-refractivity contribution in [3.05, 3.63) is 63.4 Å². The summed E-state index contributed by atoms with van der Waals surface area (Å²) in [6.45, 7) is 0. The van der Waals surface area contributed by atoms with Crippen LogP contribution < -0.4 is 5.56 Å². The molecule has 0 aliphatic heterocycles. The van der Waals surface area contributed by atoms with Gasteiger partial charge in [-0.05, 0) is 30.3 Å². The van der Waals surface area contributed by atoms with Crippen LogP contribution in [0, 0.1) is 0 Å². The Hall–Kier alpha value is -2.66. The molecule has 0 amide bonds. The predicted molar refractivity (Wildman–Crippen MR) is 84.4 cm³/mol. The topological polar surface area (TPSA) is 72.2 Å². The minimum Gasteiger partial charge on any atom is -0.478 e. The van der Waals surface area contributed by atoms with Crippen LogP contribution in [0.15, 0.2) is 47.3 Å². The van der Waals surface area contributed by atoms with Gasteiger partial charge in [-0.2, -0.15) is 0 Å². The SMILES string of the molecule is Cn1c(-c2ccc(C(=O)O)cc2)nc2cc(Cl)ccc2c1=O. The number of carboxylic acid groups (broad SMARTS) is 1. The molecule has 3 aromatic rings. The Kier molecular flexibility index (Phi) is 3.42. The van der Waals surface area contributed by atoms with Crippen LogP contribution in [-0.4, -0.2) is 20.6 Å². The molecule has 110 valence electrons. The molecule has 0 saturated carbocycles. The van der Waals surface area contributed by atoms with E-state index in [0.29, 0.717) is 27.3 Å². The molecule has 6 heteroatoms. The summed E-state index contributed by atoms with van der Waals surface area (Å²) in [6.07, 6.45) is 0. The highest BCUT2D eigenvalue weighted by Crippen LogP contribution is 2.21. The molecule has 3 rings (SSSR count). The summed E-state index contributed by atoms with van der Waals surface area (Å²) < 4.78 is 1.44. The fourth-order valence-electron chi connectivity index (χ4n) is 2.26. The molecule has 0 bridgehead atoms. The van der Waals surface area contributed by atoms with E-state index in [4.69, 9.17) is 16.7 Å². The minimum atomic E-state index is -1.00. The lowest BCUT2D eigenvalue weighted by molar-refractivity contribution is 0.0697. The first-order valence-corrected chi connectivity index (χ1v) is 6.85. The van der Waals surface area contributed by atoms with Crippen molar-refractivity contribution < 1.29 is 9.90 Å². The summed E-state index contributed by atoms with van der Waals surface area (Å²) in [4.78, 5) is 27.8. The molecule has 0 aliphatic carbocycles. The van der Waals surface area contributed by atoms with Crippen molar-refractivity contribution in [2.45, 2.75) is 0 Å². The Bertz CT molecular complexity index is 946. The number of rotatable bonds is 2. The molecular formula is C16H11ClN2O3. The average Bonchev–Trinajstić information content (AvgIpc) is 2.51. The van der Waals surface area contributed by atoms with E-state index in [1.165, 1.54) is 16.7 Å². The lowest BCUT2D eigenvalue weighted by atomic mass is 10.1. The molecule has 0 radical (unpaired) electrons.